The van der Waals surface area contributed by atoms with Crippen molar-refractivity contribution < 1.29 is 14.3 Å². The number of rotatable bonds is 3. The highest BCUT2D eigenvalue weighted by atomic mass is 16.6. The molecule has 0 saturated heterocycles. The molecule has 0 saturated carbocycles. The first-order chi connectivity index (χ1) is 12.7. The van der Waals surface area contributed by atoms with E-state index < -0.39 is 0 Å². The van der Waals surface area contributed by atoms with Gasteiger partial charge >= 0.3 is 0 Å². The van der Waals surface area contributed by atoms with Crippen molar-refractivity contribution in [1.29, 1.82) is 0 Å². The van der Waals surface area contributed by atoms with Crippen molar-refractivity contribution in [2.75, 3.05) is 13.2 Å². The van der Waals surface area contributed by atoms with Crippen LogP contribution in [0.3, 0.4) is 0 Å². The van der Waals surface area contributed by atoms with E-state index in [9.17, 15) is 4.79 Å². The van der Waals surface area contributed by atoms with E-state index in [1.54, 1.807) is 6.92 Å². The molecule has 2 aromatic rings. The van der Waals surface area contributed by atoms with E-state index in [1.807, 2.05) is 36.5 Å². The van der Waals surface area contributed by atoms with E-state index in [2.05, 4.69) is 10.3 Å². The zero-order chi connectivity index (χ0) is 17.9. The molecular weight excluding hydrogens is 330 g/mol. The number of benzene rings is 1. The summed E-state index contributed by atoms with van der Waals surface area (Å²) in [6.07, 6.45) is 4.57. The minimum atomic E-state index is -0.243. The minimum Gasteiger partial charge on any atom is -0.491 e. The fourth-order valence-electron chi connectivity index (χ4n) is 3.38. The molecule has 2 heterocycles. The second-order valence-corrected chi connectivity index (χ2v) is 6.46. The zero-order valence-corrected chi connectivity index (χ0v) is 14.7. The van der Waals surface area contributed by atoms with Crippen LogP contribution < -0.4 is 5.32 Å². The number of hydrogen-bond donors (Lipinski definition) is 1. The summed E-state index contributed by atoms with van der Waals surface area (Å²) < 4.78 is 10.9. The summed E-state index contributed by atoms with van der Waals surface area (Å²) in [4.78, 5) is 21.8. The number of allylic oxidation sites excluding steroid dienone is 1. The molecule has 6 heteroatoms. The maximum Gasteiger partial charge on any atom is 0.290 e. The summed E-state index contributed by atoms with van der Waals surface area (Å²) in [5, 5.41) is 3.05. The Morgan fingerprint density at radius 2 is 2.00 bits per heavy atom. The first kappa shape index (κ1) is 16.6. The zero-order valence-electron chi connectivity index (χ0n) is 14.7. The summed E-state index contributed by atoms with van der Waals surface area (Å²) in [5.74, 6) is 1.27. The molecule has 1 aliphatic carbocycles. The number of amides is 1. The van der Waals surface area contributed by atoms with Crippen molar-refractivity contribution in [3.8, 4) is 11.4 Å². The fraction of sp³-hybridized carbons (Fsp3) is 0.350. The molecule has 1 unspecified atom stereocenters. The summed E-state index contributed by atoms with van der Waals surface area (Å²) in [7, 11) is 0. The molecule has 26 heavy (non-hydrogen) atoms. The number of carbonyl (C=O) groups is 1. The molecule has 0 spiro atoms. The third-order valence-electron chi connectivity index (χ3n) is 4.69. The lowest BCUT2D eigenvalue weighted by molar-refractivity contribution is -0.123. The van der Waals surface area contributed by atoms with Crippen LogP contribution in [-0.2, 0) is 20.7 Å². The molecule has 2 aliphatic rings. The number of aryl methyl sites for hydroxylation is 1. The van der Waals surface area contributed by atoms with E-state index in [0.717, 1.165) is 41.9 Å². The molecule has 6 nitrogen and oxygen atoms in total. The molecule has 1 amide bonds. The lowest BCUT2D eigenvalue weighted by Crippen LogP contribution is -2.35. The maximum atomic E-state index is 12.6. The minimum absolute atomic E-state index is 0.109. The van der Waals surface area contributed by atoms with Crippen molar-refractivity contribution in [3.05, 3.63) is 59.3 Å². The molecule has 1 atom stereocenters. The molecule has 1 N–H and O–H groups in total. The van der Waals surface area contributed by atoms with Crippen molar-refractivity contribution in [2.45, 2.75) is 32.2 Å². The Morgan fingerprint density at radius 1 is 1.19 bits per heavy atom. The van der Waals surface area contributed by atoms with Gasteiger partial charge in [0.1, 0.15) is 19.0 Å². The molecule has 134 valence electrons. The number of carbonyl (C=O) groups excluding carboxylic acids is 1. The largest absolute Gasteiger partial charge is 0.491 e. The molecule has 0 fully saturated rings. The van der Waals surface area contributed by atoms with E-state index in [-0.39, 0.29) is 17.7 Å². The van der Waals surface area contributed by atoms with Gasteiger partial charge in [0.25, 0.3) is 5.91 Å². The van der Waals surface area contributed by atoms with Gasteiger partial charge in [0.15, 0.2) is 5.82 Å². The standard InChI is InChI=1S/C20H21N3O3/c1-13-18(26-11-10-25-13)20(24)23-17-9-5-8-16-15(17)12-21-19(22-16)14-6-3-2-4-7-14/h2-4,6-7,12,17H,5,8-11H2,1H3,(H,23,24). The second kappa shape index (κ2) is 7.15. The van der Waals surface area contributed by atoms with Crippen LogP contribution in [0.5, 0.6) is 0 Å². The number of nitrogens with zero attached hydrogens (tertiary/aromatic N) is 2. The number of aromatic nitrogens is 2. The molecule has 4 rings (SSSR count). The highest BCUT2D eigenvalue weighted by Crippen LogP contribution is 2.30. The van der Waals surface area contributed by atoms with Gasteiger partial charge in [-0.3, -0.25) is 4.79 Å². The van der Waals surface area contributed by atoms with Crippen LogP contribution in [0.25, 0.3) is 11.4 Å². The van der Waals surface area contributed by atoms with E-state index in [1.165, 1.54) is 0 Å². The Morgan fingerprint density at radius 3 is 2.81 bits per heavy atom. The predicted molar refractivity (Wildman–Crippen MR) is 95.9 cm³/mol. The smallest absolute Gasteiger partial charge is 0.290 e. The molecule has 1 aromatic carbocycles. The second-order valence-electron chi connectivity index (χ2n) is 6.46. The SMILES string of the molecule is CC1=C(C(=O)NC2CCCc3nc(-c4ccccc4)ncc32)OCCO1. The van der Waals surface area contributed by atoms with E-state index in [0.29, 0.717) is 19.0 Å². The van der Waals surface area contributed by atoms with Crippen molar-refractivity contribution >= 4 is 5.91 Å². The summed E-state index contributed by atoms with van der Waals surface area (Å²) in [5.41, 5.74) is 2.98. The third-order valence-corrected chi connectivity index (χ3v) is 4.69. The Kier molecular flexibility index (Phi) is 4.56. The van der Waals surface area contributed by atoms with Gasteiger partial charge in [-0.15, -0.1) is 0 Å². The summed E-state index contributed by atoms with van der Waals surface area (Å²) >= 11 is 0. The van der Waals surface area contributed by atoms with Gasteiger partial charge in [-0.1, -0.05) is 30.3 Å². The van der Waals surface area contributed by atoms with Crippen LogP contribution in [0.4, 0.5) is 0 Å². The Bertz CT molecular complexity index is 849. The van der Waals surface area contributed by atoms with Crippen molar-refractivity contribution in [3.63, 3.8) is 0 Å². The van der Waals surface area contributed by atoms with Gasteiger partial charge in [0.05, 0.1) is 6.04 Å². The molecule has 1 aromatic heterocycles. The van der Waals surface area contributed by atoms with Crippen LogP contribution in [0.15, 0.2) is 48.0 Å². The van der Waals surface area contributed by atoms with Gasteiger partial charge < -0.3 is 14.8 Å². The number of nitrogens with one attached hydrogen (secondary N) is 1. The molecule has 0 bridgehead atoms. The summed E-state index contributed by atoms with van der Waals surface area (Å²) in [6, 6.07) is 9.81. The predicted octanol–water partition coefficient (Wildman–Crippen LogP) is 2.92. The summed E-state index contributed by atoms with van der Waals surface area (Å²) in [6.45, 7) is 2.62. The van der Waals surface area contributed by atoms with Gasteiger partial charge in [-0.2, -0.15) is 0 Å². The van der Waals surface area contributed by atoms with Gasteiger partial charge in [0.2, 0.25) is 5.76 Å². The number of hydrogen-bond acceptors (Lipinski definition) is 5. The maximum absolute atomic E-state index is 12.6. The third kappa shape index (κ3) is 3.27. The molecule has 1 aliphatic heterocycles. The normalized spacial score (nSPS) is 19.2. The first-order valence-electron chi connectivity index (χ1n) is 8.91. The molecule has 0 radical (unpaired) electrons. The Balaban J connectivity index is 1.57. The van der Waals surface area contributed by atoms with E-state index in [4.69, 9.17) is 14.5 Å². The van der Waals surface area contributed by atoms with Gasteiger partial charge in [-0.05, 0) is 26.2 Å². The first-order valence-corrected chi connectivity index (χ1v) is 8.91. The highest BCUT2D eigenvalue weighted by Gasteiger charge is 2.27. The van der Waals surface area contributed by atoms with Crippen molar-refractivity contribution in [2.24, 2.45) is 0 Å². The number of fused-ring (bicyclic) bond motifs is 1. The fourth-order valence-corrected chi connectivity index (χ4v) is 3.38. The van der Waals surface area contributed by atoms with Crippen LogP contribution in [-0.4, -0.2) is 29.1 Å². The molecular formula is C20H21N3O3. The van der Waals surface area contributed by atoms with Crippen LogP contribution >= 0.6 is 0 Å². The quantitative estimate of drug-likeness (QED) is 0.920. The average Bonchev–Trinajstić information content (AvgIpc) is 2.69. The van der Waals surface area contributed by atoms with Gasteiger partial charge in [-0.25, -0.2) is 9.97 Å². The lowest BCUT2D eigenvalue weighted by atomic mass is 9.92. The lowest BCUT2D eigenvalue weighted by Gasteiger charge is -2.27. The van der Waals surface area contributed by atoms with Crippen LogP contribution in [0.2, 0.25) is 0 Å². The number of ether oxygens (including phenoxy) is 2. The topological polar surface area (TPSA) is 73.3 Å². The highest BCUT2D eigenvalue weighted by molar-refractivity contribution is 5.92. The van der Waals surface area contributed by atoms with Crippen LogP contribution in [0, 0.1) is 0 Å². The Labute approximate surface area is 152 Å². The van der Waals surface area contributed by atoms with Crippen LogP contribution in [0.1, 0.15) is 37.1 Å². The van der Waals surface area contributed by atoms with E-state index >= 15 is 0 Å². The monoisotopic (exact) mass is 351 g/mol. The average molecular weight is 351 g/mol. The van der Waals surface area contributed by atoms with Gasteiger partial charge in [0, 0.05) is 23.0 Å². The Hall–Kier alpha value is -2.89. The van der Waals surface area contributed by atoms with Crippen molar-refractivity contribution in [1.82, 2.24) is 15.3 Å².